The molecule has 170 valence electrons. The van der Waals surface area contributed by atoms with E-state index < -0.39 is 24.5 Å². The number of thioether (sulfide) groups is 1. The van der Waals surface area contributed by atoms with Crippen molar-refractivity contribution in [1.29, 1.82) is 0 Å². The molecule has 1 aliphatic rings. The summed E-state index contributed by atoms with van der Waals surface area (Å²) >= 11 is 7.00. The number of esters is 1. The van der Waals surface area contributed by atoms with Gasteiger partial charge in [0, 0.05) is 0 Å². The van der Waals surface area contributed by atoms with E-state index in [9.17, 15) is 19.5 Å². The highest BCUT2D eigenvalue weighted by Gasteiger charge is 2.34. The Bertz CT molecular complexity index is 1190. The summed E-state index contributed by atoms with van der Waals surface area (Å²) in [6.07, 6.45) is 1.59. The summed E-state index contributed by atoms with van der Waals surface area (Å²) in [6.45, 7) is 1.22. The number of aliphatic hydroxyl groups excluding tert-OH is 1. The van der Waals surface area contributed by atoms with E-state index in [0.29, 0.717) is 11.3 Å². The van der Waals surface area contributed by atoms with Crippen molar-refractivity contribution in [2.75, 3.05) is 13.2 Å². The molecule has 3 rings (SSSR count). The number of carboxylic acids is 1. The number of hydrogen-bond acceptors (Lipinski definition) is 7. The zero-order valence-electron chi connectivity index (χ0n) is 17.3. The minimum absolute atomic E-state index is 0.0106. The smallest absolute Gasteiger partial charge is 0.344 e. The van der Waals surface area contributed by atoms with Gasteiger partial charge < -0.3 is 19.7 Å². The third kappa shape index (κ3) is 6.03. The molecular weight excluding hydrogens is 470 g/mol. The third-order valence-electron chi connectivity index (χ3n) is 4.22. The summed E-state index contributed by atoms with van der Waals surface area (Å²) in [5, 5.41) is 19.6. The summed E-state index contributed by atoms with van der Waals surface area (Å²) in [6, 6.07) is 12.8. The number of nitrogens with zero attached hydrogens (tertiary/aromatic N) is 1. The number of halogens is 1. The first-order chi connectivity index (χ1) is 15.8. The van der Waals surface area contributed by atoms with Crippen LogP contribution in [0.25, 0.3) is 6.08 Å². The summed E-state index contributed by atoms with van der Waals surface area (Å²) in [5.74, 6) is -2.58. The third-order valence-corrected chi connectivity index (χ3v) is 5.57. The lowest BCUT2D eigenvalue weighted by atomic mass is 10.1. The lowest BCUT2D eigenvalue weighted by Crippen LogP contribution is -2.14. The average Bonchev–Trinajstić information content (AvgIpc) is 3.08. The van der Waals surface area contributed by atoms with Crippen LogP contribution in [0.1, 0.15) is 22.8 Å². The lowest BCUT2D eigenvalue weighted by Gasteiger charge is -2.04. The Balaban J connectivity index is 1.92. The highest BCUT2D eigenvalue weighted by Crippen LogP contribution is 2.39. The number of aliphatic imine (C=N–C) groups is 1. The van der Waals surface area contributed by atoms with Crippen molar-refractivity contribution in [3.8, 4) is 5.75 Å². The number of aliphatic carboxylic acids is 1. The van der Waals surface area contributed by atoms with Gasteiger partial charge in [0.1, 0.15) is 22.1 Å². The molecule has 0 unspecified atom stereocenters. The number of benzene rings is 2. The molecule has 1 amide bonds. The summed E-state index contributed by atoms with van der Waals surface area (Å²) < 4.78 is 10.1. The maximum Gasteiger partial charge on any atom is 0.344 e. The molecule has 10 heteroatoms. The number of hydrogen-bond donors (Lipinski definition) is 2. The second-order valence-corrected chi connectivity index (χ2v) is 7.95. The molecule has 0 aliphatic carbocycles. The standard InChI is InChI=1S/C23H18ClNO7S/c1-2-31-23(30)19-20(28)17(11-13-7-9-14(10-8-13)32-12-18(26)27)33-22(19)25-21(29)15-5-3-4-6-16(15)24/h3-11,28H,2,12H2,1H3,(H,26,27)/b17-11-,25-22?. The van der Waals surface area contributed by atoms with Crippen LogP contribution in [0.15, 0.2) is 69.8 Å². The second-order valence-electron chi connectivity index (χ2n) is 6.51. The molecule has 2 N–H and O–H groups in total. The molecule has 0 aromatic heterocycles. The van der Waals surface area contributed by atoms with Gasteiger partial charge in [0.05, 0.1) is 22.1 Å². The number of carbonyl (C=O) groups excluding carboxylic acids is 2. The van der Waals surface area contributed by atoms with E-state index in [1.54, 1.807) is 55.5 Å². The molecule has 0 saturated heterocycles. The van der Waals surface area contributed by atoms with Gasteiger partial charge in [-0.25, -0.2) is 14.6 Å². The van der Waals surface area contributed by atoms with Gasteiger partial charge in [0.25, 0.3) is 5.91 Å². The lowest BCUT2D eigenvalue weighted by molar-refractivity contribution is -0.139. The molecular formula is C23H18ClNO7S. The van der Waals surface area contributed by atoms with E-state index in [2.05, 4.69) is 4.99 Å². The van der Waals surface area contributed by atoms with E-state index in [1.807, 2.05) is 0 Å². The predicted octanol–water partition coefficient (Wildman–Crippen LogP) is 4.51. The largest absolute Gasteiger partial charge is 0.506 e. The van der Waals surface area contributed by atoms with Gasteiger partial charge in [-0.1, -0.05) is 47.6 Å². The number of amides is 1. The number of rotatable bonds is 7. The Morgan fingerprint density at radius 2 is 1.82 bits per heavy atom. The van der Waals surface area contributed by atoms with Gasteiger partial charge in [-0.3, -0.25) is 4.79 Å². The van der Waals surface area contributed by atoms with Gasteiger partial charge >= 0.3 is 11.9 Å². The Morgan fingerprint density at radius 3 is 2.45 bits per heavy atom. The van der Waals surface area contributed by atoms with Crippen LogP contribution < -0.4 is 4.74 Å². The molecule has 2 aromatic rings. The van der Waals surface area contributed by atoms with Crippen molar-refractivity contribution in [2.45, 2.75) is 6.92 Å². The zero-order valence-corrected chi connectivity index (χ0v) is 18.9. The molecule has 0 atom stereocenters. The zero-order chi connectivity index (χ0) is 24.0. The van der Waals surface area contributed by atoms with Crippen LogP contribution in [0, 0.1) is 0 Å². The molecule has 8 nitrogen and oxygen atoms in total. The van der Waals surface area contributed by atoms with E-state index in [-0.39, 0.29) is 38.5 Å². The molecule has 0 saturated carbocycles. The predicted molar refractivity (Wildman–Crippen MR) is 125 cm³/mol. The average molecular weight is 488 g/mol. The first kappa shape index (κ1) is 24.1. The number of carboxylic acid groups (broad SMARTS) is 1. The minimum Gasteiger partial charge on any atom is -0.506 e. The van der Waals surface area contributed by atoms with Gasteiger partial charge in [-0.2, -0.15) is 0 Å². The van der Waals surface area contributed by atoms with Crippen molar-refractivity contribution in [2.24, 2.45) is 4.99 Å². The van der Waals surface area contributed by atoms with Crippen LogP contribution in [0.4, 0.5) is 0 Å². The molecule has 33 heavy (non-hydrogen) atoms. The minimum atomic E-state index is -1.09. The van der Waals surface area contributed by atoms with Crippen molar-refractivity contribution >= 4 is 52.3 Å². The molecule has 1 heterocycles. The highest BCUT2D eigenvalue weighted by atomic mass is 35.5. The number of carbonyl (C=O) groups is 3. The van der Waals surface area contributed by atoms with Crippen LogP contribution in [0.3, 0.4) is 0 Å². The fourth-order valence-electron chi connectivity index (χ4n) is 2.74. The normalized spacial score (nSPS) is 15.7. The van der Waals surface area contributed by atoms with Crippen molar-refractivity contribution in [1.82, 2.24) is 0 Å². The van der Waals surface area contributed by atoms with Crippen LogP contribution in [-0.2, 0) is 14.3 Å². The second kappa shape index (κ2) is 10.8. The molecule has 0 spiro atoms. The number of aliphatic hydroxyl groups is 1. The molecule has 1 aliphatic heterocycles. The monoisotopic (exact) mass is 487 g/mol. The van der Waals surface area contributed by atoms with Crippen LogP contribution in [0.5, 0.6) is 5.75 Å². The van der Waals surface area contributed by atoms with Crippen molar-refractivity contribution in [3.05, 3.63) is 80.9 Å². The Hall–Kier alpha value is -3.56. The van der Waals surface area contributed by atoms with Crippen molar-refractivity contribution < 1.29 is 34.1 Å². The first-order valence-electron chi connectivity index (χ1n) is 9.63. The quantitative estimate of drug-likeness (QED) is 0.547. The van der Waals surface area contributed by atoms with Gasteiger partial charge in [-0.15, -0.1) is 0 Å². The van der Waals surface area contributed by atoms with Gasteiger partial charge in [-0.05, 0) is 42.8 Å². The maximum absolute atomic E-state index is 12.6. The summed E-state index contributed by atoms with van der Waals surface area (Å²) in [4.78, 5) is 40.0. The van der Waals surface area contributed by atoms with E-state index in [1.165, 1.54) is 6.07 Å². The molecule has 0 fully saturated rings. The fourth-order valence-corrected chi connectivity index (χ4v) is 3.96. The van der Waals surface area contributed by atoms with Gasteiger partial charge in [0.2, 0.25) is 0 Å². The summed E-state index contributed by atoms with van der Waals surface area (Å²) in [7, 11) is 0. The van der Waals surface area contributed by atoms with Crippen LogP contribution in [0.2, 0.25) is 5.02 Å². The van der Waals surface area contributed by atoms with Crippen LogP contribution >= 0.6 is 23.4 Å². The van der Waals surface area contributed by atoms with E-state index >= 15 is 0 Å². The molecule has 0 bridgehead atoms. The Morgan fingerprint density at radius 1 is 1.12 bits per heavy atom. The SMILES string of the molecule is CCOC(=O)C1=C(O)/C(=C/c2ccc(OCC(=O)O)cc2)SC1=NC(=O)c1ccccc1Cl. The van der Waals surface area contributed by atoms with Crippen LogP contribution in [-0.4, -0.2) is 46.3 Å². The fraction of sp³-hybridized carbons (Fsp3) is 0.130. The Kier molecular flexibility index (Phi) is 7.92. The van der Waals surface area contributed by atoms with Crippen molar-refractivity contribution in [3.63, 3.8) is 0 Å². The highest BCUT2D eigenvalue weighted by molar-refractivity contribution is 8.18. The molecule has 2 aromatic carbocycles. The van der Waals surface area contributed by atoms with E-state index in [4.69, 9.17) is 26.2 Å². The first-order valence-corrected chi connectivity index (χ1v) is 10.8. The number of ether oxygens (including phenoxy) is 2. The summed E-state index contributed by atoms with van der Waals surface area (Å²) in [5.41, 5.74) is 0.577. The van der Waals surface area contributed by atoms with Gasteiger partial charge in [0.15, 0.2) is 6.61 Å². The topological polar surface area (TPSA) is 122 Å². The Labute approximate surface area is 198 Å². The molecule has 0 radical (unpaired) electrons. The van der Waals surface area contributed by atoms with E-state index in [0.717, 1.165) is 11.8 Å². The maximum atomic E-state index is 12.6.